The number of aliphatic carboxylic acids is 1. The number of carbonyl (C=O) groups is 3. The van der Waals surface area contributed by atoms with Gasteiger partial charge in [-0.3, -0.25) is 14.4 Å². The number of carbonyl (C=O) groups excluding carboxylic acids is 2. The number of fused-ring (bicyclic) bond motifs is 1. The molecule has 1 aliphatic carbocycles. The lowest BCUT2D eigenvalue weighted by molar-refractivity contribution is -0.147. The summed E-state index contributed by atoms with van der Waals surface area (Å²) in [6.07, 6.45) is 0.706. The molecule has 1 saturated carbocycles. The molecule has 1 fully saturated rings. The Morgan fingerprint density at radius 2 is 2.10 bits per heavy atom. The fraction of sp³-hybridized carbons (Fsp3) is 0.308. The SMILES string of the molecule is O=C1COc2cc(NC(=O)C3(C(=O)O)CC3)ccc2N1. The molecule has 104 valence electrons. The summed E-state index contributed by atoms with van der Waals surface area (Å²) in [5.41, 5.74) is -0.318. The van der Waals surface area contributed by atoms with Gasteiger partial charge >= 0.3 is 5.97 Å². The standard InChI is InChI=1S/C13H12N2O5/c16-10-6-20-9-5-7(1-2-8(9)15-10)14-11(17)13(3-4-13)12(18)19/h1-2,5H,3-4,6H2,(H,14,17)(H,15,16)(H,18,19). The molecule has 3 rings (SSSR count). The van der Waals surface area contributed by atoms with E-state index in [4.69, 9.17) is 9.84 Å². The summed E-state index contributed by atoms with van der Waals surface area (Å²) in [4.78, 5) is 34.1. The minimum atomic E-state index is -1.29. The van der Waals surface area contributed by atoms with E-state index in [0.29, 0.717) is 30.0 Å². The summed E-state index contributed by atoms with van der Waals surface area (Å²) in [6.45, 7) is -0.0799. The first-order valence-electron chi connectivity index (χ1n) is 6.13. The number of ether oxygens (including phenoxy) is 1. The molecular weight excluding hydrogens is 264 g/mol. The Hall–Kier alpha value is -2.57. The third-order valence-electron chi connectivity index (χ3n) is 3.47. The molecule has 0 radical (unpaired) electrons. The quantitative estimate of drug-likeness (QED) is 0.709. The average Bonchev–Trinajstić information content (AvgIpc) is 3.20. The molecule has 0 atom stereocenters. The van der Waals surface area contributed by atoms with Gasteiger partial charge in [-0.05, 0) is 25.0 Å². The molecule has 7 heteroatoms. The highest BCUT2D eigenvalue weighted by molar-refractivity contribution is 6.11. The summed E-state index contributed by atoms with van der Waals surface area (Å²) in [5.74, 6) is -1.42. The number of amides is 2. The molecule has 3 N–H and O–H groups in total. The topological polar surface area (TPSA) is 105 Å². The molecule has 1 aliphatic heterocycles. The zero-order valence-corrected chi connectivity index (χ0v) is 10.4. The lowest BCUT2D eigenvalue weighted by Gasteiger charge is -2.19. The first-order valence-corrected chi connectivity index (χ1v) is 6.13. The van der Waals surface area contributed by atoms with E-state index in [1.807, 2.05) is 0 Å². The van der Waals surface area contributed by atoms with Crippen LogP contribution in [0.25, 0.3) is 0 Å². The van der Waals surface area contributed by atoms with Crippen molar-refractivity contribution in [2.45, 2.75) is 12.8 Å². The van der Waals surface area contributed by atoms with Gasteiger partial charge in [-0.15, -0.1) is 0 Å². The van der Waals surface area contributed by atoms with Crippen molar-refractivity contribution in [2.75, 3.05) is 17.2 Å². The largest absolute Gasteiger partial charge is 0.482 e. The number of rotatable bonds is 3. The van der Waals surface area contributed by atoms with Crippen LogP contribution in [0.5, 0.6) is 5.75 Å². The van der Waals surface area contributed by atoms with Crippen LogP contribution in [-0.2, 0) is 14.4 Å². The van der Waals surface area contributed by atoms with E-state index >= 15 is 0 Å². The predicted octanol–water partition coefficient (Wildman–Crippen LogP) is 0.821. The van der Waals surface area contributed by atoms with Gasteiger partial charge in [0, 0.05) is 11.8 Å². The van der Waals surface area contributed by atoms with Gasteiger partial charge in [0.15, 0.2) is 6.61 Å². The van der Waals surface area contributed by atoms with Crippen molar-refractivity contribution in [3.63, 3.8) is 0 Å². The second-order valence-corrected chi connectivity index (χ2v) is 4.89. The second-order valence-electron chi connectivity index (χ2n) is 4.89. The highest BCUT2D eigenvalue weighted by Gasteiger charge is 2.57. The van der Waals surface area contributed by atoms with Crippen LogP contribution in [0.2, 0.25) is 0 Å². The number of hydrogen-bond donors (Lipinski definition) is 3. The zero-order chi connectivity index (χ0) is 14.3. The Balaban J connectivity index is 1.77. The average molecular weight is 276 g/mol. The van der Waals surface area contributed by atoms with Crippen molar-refractivity contribution in [2.24, 2.45) is 5.41 Å². The van der Waals surface area contributed by atoms with Crippen LogP contribution in [0, 0.1) is 5.41 Å². The number of carboxylic acid groups (broad SMARTS) is 1. The molecule has 0 spiro atoms. The summed E-state index contributed by atoms with van der Waals surface area (Å²) in [7, 11) is 0. The molecule has 0 bridgehead atoms. The monoisotopic (exact) mass is 276 g/mol. The highest BCUT2D eigenvalue weighted by atomic mass is 16.5. The number of anilines is 2. The fourth-order valence-corrected chi connectivity index (χ4v) is 2.07. The minimum Gasteiger partial charge on any atom is -0.482 e. The summed E-state index contributed by atoms with van der Waals surface area (Å²) < 4.78 is 5.23. The number of carboxylic acids is 1. The van der Waals surface area contributed by atoms with Gasteiger partial charge in [-0.2, -0.15) is 0 Å². The normalized spacial score (nSPS) is 18.3. The van der Waals surface area contributed by atoms with Crippen molar-refractivity contribution < 1.29 is 24.2 Å². The third-order valence-corrected chi connectivity index (χ3v) is 3.47. The van der Waals surface area contributed by atoms with Crippen LogP contribution in [0.1, 0.15) is 12.8 Å². The van der Waals surface area contributed by atoms with Crippen LogP contribution in [0.15, 0.2) is 18.2 Å². The maximum Gasteiger partial charge on any atom is 0.319 e. The second kappa shape index (κ2) is 4.22. The lowest BCUT2D eigenvalue weighted by atomic mass is 10.1. The molecule has 7 nitrogen and oxygen atoms in total. The molecule has 0 unspecified atom stereocenters. The van der Waals surface area contributed by atoms with E-state index in [-0.39, 0.29) is 12.5 Å². The van der Waals surface area contributed by atoms with E-state index in [1.54, 1.807) is 18.2 Å². The van der Waals surface area contributed by atoms with Gasteiger partial charge in [-0.25, -0.2) is 0 Å². The first-order chi connectivity index (χ1) is 9.51. The van der Waals surface area contributed by atoms with Gasteiger partial charge in [0.05, 0.1) is 5.69 Å². The van der Waals surface area contributed by atoms with Crippen LogP contribution < -0.4 is 15.4 Å². The predicted molar refractivity (Wildman–Crippen MR) is 68.5 cm³/mol. The number of benzene rings is 1. The summed E-state index contributed by atoms with van der Waals surface area (Å²) >= 11 is 0. The molecule has 1 aromatic rings. The van der Waals surface area contributed by atoms with E-state index in [0.717, 1.165) is 0 Å². The Kier molecular flexibility index (Phi) is 2.63. The molecule has 2 aliphatic rings. The Bertz CT molecular complexity index is 621. The molecule has 1 aromatic carbocycles. The van der Waals surface area contributed by atoms with Gasteiger partial charge in [0.1, 0.15) is 11.2 Å². The van der Waals surface area contributed by atoms with Crippen LogP contribution in [0.4, 0.5) is 11.4 Å². The van der Waals surface area contributed by atoms with Crippen LogP contribution in [-0.4, -0.2) is 29.5 Å². The Morgan fingerprint density at radius 3 is 2.75 bits per heavy atom. The number of hydrogen-bond acceptors (Lipinski definition) is 4. The summed E-state index contributed by atoms with van der Waals surface area (Å²) in [5, 5.41) is 14.2. The van der Waals surface area contributed by atoms with Crippen molar-refractivity contribution >= 4 is 29.2 Å². The van der Waals surface area contributed by atoms with E-state index < -0.39 is 17.3 Å². The first kappa shape index (κ1) is 12.5. The van der Waals surface area contributed by atoms with E-state index in [9.17, 15) is 14.4 Å². The maximum absolute atomic E-state index is 12.0. The van der Waals surface area contributed by atoms with Gasteiger partial charge < -0.3 is 20.5 Å². The molecule has 1 heterocycles. The Labute approximate surface area is 113 Å². The van der Waals surface area contributed by atoms with Gasteiger partial charge in [0.2, 0.25) is 5.91 Å². The molecule has 20 heavy (non-hydrogen) atoms. The van der Waals surface area contributed by atoms with Crippen molar-refractivity contribution in [1.82, 2.24) is 0 Å². The smallest absolute Gasteiger partial charge is 0.319 e. The molecule has 2 amide bonds. The van der Waals surface area contributed by atoms with E-state index in [1.165, 1.54) is 0 Å². The summed E-state index contributed by atoms with van der Waals surface area (Å²) in [6, 6.07) is 4.75. The number of nitrogens with one attached hydrogen (secondary N) is 2. The van der Waals surface area contributed by atoms with Crippen molar-refractivity contribution in [3.8, 4) is 5.75 Å². The highest BCUT2D eigenvalue weighted by Crippen LogP contribution is 2.47. The lowest BCUT2D eigenvalue weighted by Crippen LogP contribution is -2.31. The maximum atomic E-state index is 12.0. The van der Waals surface area contributed by atoms with E-state index in [2.05, 4.69) is 10.6 Å². The van der Waals surface area contributed by atoms with Crippen LogP contribution in [0.3, 0.4) is 0 Å². The van der Waals surface area contributed by atoms with Crippen molar-refractivity contribution in [3.05, 3.63) is 18.2 Å². The third kappa shape index (κ3) is 1.97. The molecular formula is C13H12N2O5. The van der Waals surface area contributed by atoms with Gasteiger partial charge in [-0.1, -0.05) is 0 Å². The molecule has 0 aromatic heterocycles. The van der Waals surface area contributed by atoms with Crippen molar-refractivity contribution in [1.29, 1.82) is 0 Å². The zero-order valence-electron chi connectivity index (χ0n) is 10.4. The molecule has 0 saturated heterocycles. The Morgan fingerprint density at radius 1 is 1.35 bits per heavy atom. The fourth-order valence-electron chi connectivity index (χ4n) is 2.07. The minimum absolute atomic E-state index is 0.0799. The van der Waals surface area contributed by atoms with Gasteiger partial charge in [0.25, 0.3) is 5.91 Å². The van der Waals surface area contributed by atoms with Crippen LogP contribution >= 0.6 is 0 Å².